The van der Waals surface area contributed by atoms with Crippen molar-refractivity contribution in [1.29, 1.82) is 0 Å². The SMILES string of the molecule is O=C(O)c1ccc(NCCCn2cccn2)cc1[N+](=O)[O-]. The minimum atomic E-state index is -1.31. The van der Waals surface area contributed by atoms with Gasteiger partial charge in [0, 0.05) is 37.2 Å². The summed E-state index contributed by atoms with van der Waals surface area (Å²) in [6.45, 7) is 1.33. The van der Waals surface area contributed by atoms with Crippen molar-refractivity contribution >= 4 is 17.3 Å². The highest BCUT2D eigenvalue weighted by atomic mass is 16.6. The zero-order valence-electron chi connectivity index (χ0n) is 11.1. The lowest BCUT2D eigenvalue weighted by Crippen LogP contribution is -2.08. The van der Waals surface area contributed by atoms with E-state index in [-0.39, 0.29) is 5.56 Å². The zero-order chi connectivity index (χ0) is 15.2. The molecule has 0 saturated heterocycles. The Labute approximate surface area is 120 Å². The van der Waals surface area contributed by atoms with E-state index >= 15 is 0 Å². The van der Waals surface area contributed by atoms with E-state index in [9.17, 15) is 14.9 Å². The van der Waals surface area contributed by atoms with Gasteiger partial charge in [-0.1, -0.05) is 0 Å². The molecule has 0 bridgehead atoms. The van der Waals surface area contributed by atoms with Crippen molar-refractivity contribution in [3.8, 4) is 0 Å². The fourth-order valence-electron chi connectivity index (χ4n) is 1.88. The molecular weight excluding hydrogens is 276 g/mol. The molecule has 2 rings (SSSR count). The van der Waals surface area contributed by atoms with Crippen LogP contribution in [0.1, 0.15) is 16.8 Å². The molecule has 0 aliphatic heterocycles. The second kappa shape index (κ2) is 6.51. The Bertz CT molecular complexity index is 640. The summed E-state index contributed by atoms with van der Waals surface area (Å²) in [6.07, 6.45) is 4.34. The van der Waals surface area contributed by atoms with E-state index in [1.54, 1.807) is 10.9 Å². The van der Waals surface area contributed by atoms with Gasteiger partial charge < -0.3 is 10.4 Å². The number of anilines is 1. The first kappa shape index (κ1) is 14.5. The predicted octanol–water partition coefficient (Wildman–Crippen LogP) is 1.99. The van der Waals surface area contributed by atoms with Crippen LogP contribution in [0.2, 0.25) is 0 Å². The molecule has 0 unspecified atom stereocenters. The summed E-state index contributed by atoms with van der Waals surface area (Å²) < 4.78 is 1.79. The number of nitrogens with zero attached hydrogens (tertiary/aromatic N) is 3. The van der Waals surface area contributed by atoms with Gasteiger partial charge in [-0.15, -0.1) is 0 Å². The molecule has 0 amide bonds. The number of nitrogens with one attached hydrogen (secondary N) is 1. The van der Waals surface area contributed by atoms with Crippen LogP contribution in [0.5, 0.6) is 0 Å². The number of hydrogen-bond donors (Lipinski definition) is 2. The Morgan fingerprint density at radius 3 is 2.90 bits per heavy atom. The van der Waals surface area contributed by atoms with Crippen LogP contribution in [0, 0.1) is 10.1 Å². The molecule has 2 aromatic rings. The number of nitro benzene ring substituents is 1. The van der Waals surface area contributed by atoms with E-state index in [0.717, 1.165) is 13.0 Å². The van der Waals surface area contributed by atoms with Gasteiger partial charge in [0.1, 0.15) is 5.56 Å². The number of benzene rings is 1. The molecule has 0 spiro atoms. The van der Waals surface area contributed by atoms with Crippen LogP contribution in [-0.2, 0) is 6.54 Å². The number of aromatic carboxylic acids is 1. The molecule has 1 heterocycles. The lowest BCUT2D eigenvalue weighted by atomic mass is 10.1. The second-order valence-corrected chi connectivity index (χ2v) is 4.34. The first-order valence-corrected chi connectivity index (χ1v) is 6.31. The maximum absolute atomic E-state index is 10.9. The normalized spacial score (nSPS) is 10.3. The minimum absolute atomic E-state index is 0.318. The van der Waals surface area contributed by atoms with Crippen molar-refractivity contribution in [3.05, 3.63) is 52.3 Å². The fraction of sp³-hybridized carbons (Fsp3) is 0.231. The largest absolute Gasteiger partial charge is 0.477 e. The topological polar surface area (TPSA) is 110 Å². The number of carbonyl (C=O) groups is 1. The maximum atomic E-state index is 10.9. The predicted molar refractivity (Wildman–Crippen MR) is 75.4 cm³/mol. The van der Waals surface area contributed by atoms with Gasteiger partial charge in [0.15, 0.2) is 0 Å². The molecule has 0 saturated carbocycles. The zero-order valence-corrected chi connectivity index (χ0v) is 11.1. The van der Waals surface area contributed by atoms with E-state index in [1.807, 2.05) is 12.3 Å². The quantitative estimate of drug-likeness (QED) is 0.458. The van der Waals surface area contributed by atoms with Gasteiger partial charge in [0.2, 0.25) is 0 Å². The van der Waals surface area contributed by atoms with E-state index in [4.69, 9.17) is 5.11 Å². The summed E-state index contributed by atoms with van der Waals surface area (Å²) in [5.41, 5.74) is -0.214. The Morgan fingerprint density at radius 1 is 1.48 bits per heavy atom. The van der Waals surface area contributed by atoms with Crippen LogP contribution in [0.15, 0.2) is 36.7 Å². The number of aryl methyl sites for hydroxylation is 1. The van der Waals surface area contributed by atoms with Crippen molar-refractivity contribution in [2.45, 2.75) is 13.0 Å². The van der Waals surface area contributed by atoms with Crippen molar-refractivity contribution in [1.82, 2.24) is 9.78 Å². The third-order valence-electron chi connectivity index (χ3n) is 2.88. The lowest BCUT2D eigenvalue weighted by molar-refractivity contribution is -0.385. The first-order chi connectivity index (χ1) is 10.1. The van der Waals surface area contributed by atoms with Gasteiger partial charge in [-0.3, -0.25) is 14.8 Å². The van der Waals surface area contributed by atoms with Crippen LogP contribution >= 0.6 is 0 Å². The summed E-state index contributed by atoms with van der Waals surface area (Å²) >= 11 is 0. The molecule has 1 aromatic carbocycles. The van der Waals surface area contributed by atoms with Gasteiger partial charge in [-0.05, 0) is 24.6 Å². The van der Waals surface area contributed by atoms with Crippen molar-refractivity contribution in [3.63, 3.8) is 0 Å². The lowest BCUT2D eigenvalue weighted by Gasteiger charge is -2.07. The molecule has 8 nitrogen and oxygen atoms in total. The second-order valence-electron chi connectivity index (χ2n) is 4.34. The number of carboxylic acid groups (broad SMARTS) is 1. The highest BCUT2D eigenvalue weighted by Gasteiger charge is 2.19. The van der Waals surface area contributed by atoms with E-state index in [2.05, 4.69) is 10.4 Å². The average Bonchev–Trinajstić information content (AvgIpc) is 2.96. The van der Waals surface area contributed by atoms with Gasteiger partial charge in [-0.25, -0.2) is 4.79 Å². The van der Waals surface area contributed by atoms with Gasteiger partial charge in [0.05, 0.1) is 4.92 Å². The smallest absolute Gasteiger partial charge is 0.342 e. The molecule has 8 heteroatoms. The maximum Gasteiger partial charge on any atom is 0.342 e. The summed E-state index contributed by atoms with van der Waals surface area (Å²) in [5.74, 6) is -1.31. The van der Waals surface area contributed by atoms with Crippen molar-refractivity contribution in [2.24, 2.45) is 0 Å². The summed E-state index contributed by atoms with van der Waals surface area (Å²) in [4.78, 5) is 21.1. The molecule has 21 heavy (non-hydrogen) atoms. The fourth-order valence-corrected chi connectivity index (χ4v) is 1.88. The number of hydrogen-bond acceptors (Lipinski definition) is 5. The van der Waals surface area contributed by atoms with Gasteiger partial charge in [0.25, 0.3) is 5.69 Å². The summed E-state index contributed by atoms with van der Waals surface area (Å²) in [5, 5.41) is 26.9. The Morgan fingerprint density at radius 2 is 2.29 bits per heavy atom. The average molecular weight is 290 g/mol. The first-order valence-electron chi connectivity index (χ1n) is 6.31. The molecular formula is C13H14N4O4. The van der Waals surface area contributed by atoms with Crippen LogP contribution in [0.3, 0.4) is 0 Å². The number of carboxylic acids is 1. The molecule has 1 aromatic heterocycles. The van der Waals surface area contributed by atoms with E-state index in [0.29, 0.717) is 12.2 Å². The Hall–Kier alpha value is -2.90. The van der Waals surface area contributed by atoms with E-state index in [1.165, 1.54) is 18.2 Å². The Kier molecular flexibility index (Phi) is 4.50. The van der Waals surface area contributed by atoms with Crippen LogP contribution < -0.4 is 5.32 Å². The van der Waals surface area contributed by atoms with Crippen molar-refractivity contribution < 1.29 is 14.8 Å². The monoisotopic (exact) mass is 290 g/mol. The van der Waals surface area contributed by atoms with Gasteiger partial charge >= 0.3 is 5.97 Å². The van der Waals surface area contributed by atoms with E-state index < -0.39 is 16.6 Å². The van der Waals surface area contributed by atoms with Crippen LogP contribution in [-0.4, -0.2) is 32.3 Å². The number of aromatic nitrogens is 2. The minimum Gasteiger partial charge on any atom is -0.477 e. The summed E-state index contributed by atoms with van der Waals surface area (Å²) in [6, 6.07) is 5.82. The van der Waals surface area contributed by atoms with Crippen LogP contribution in [0.25, 0.3) is 0 Å². The third kappa shape index (κ3) is 3.78. The third-order valence-corrected chi connectivity index (χ3v) is 2.88. The molecule has 0 aliphatic rings. The van der Waals surface area contributed by atoms with Crippen LogP contribution in [0.4, 0.5) is 11.4 Å². The van der Waals surface area contributed by atoms with Crippen molar-refractivity contribution in [2.75, 3.05) is 11.9 Å². The Balaban J connectivity index is 1.95. The highest BCUT2D eigenvalue weighted by molar-refractivity contribution is 5.93. The molecule has 0 aliphatic carbocycles. The molecule has 0 fully saturated rings. The number of nitro groups is 1. The molecule has 110 valence electrons. The number of rotatable bonds is 7. The highest BCUT2D eigenvalue weighted by Crippen LogP contribution is 2.23. The molecule has 2 N–H and O–H groups in total. The molecule has 0 atom stereocenters. The van der Waals surface area contributed by atoms with Gasteiger partial charge in [-0.2, -0.15) is 5.10 Å². The summed E-state index contributed by atoms with van der Waals surface area (Å²) in [7, 11) is 0. The standard InChI is InChI=1S/C13H14N4O4/c18-13(19)11-4-3-10(9-12(11)17(20)21)14-5-1-7-16-8-2-6-15-16/h2-4,6,8-9,14H,1,5,7H2,(H,18,19). The molecule has 0 radical (unpaired) electrons.